The zero-order valence-electron chi connectivity index (χ0n) is 14.7. The first-order valence-corrected chi connectivity index (χ1v) is 9.06. The van der Waals surface area contributed by atoms with Crippen LogP contribution in [0, 0.1) is 6.92 Å². The van der Waals surface area contributed by atoms with Crippen LogP contribution in [0.3, 0.4) is 0 Å². The van der Waals surface area contributed by atoms with Gasteiger partial charge in [0.1, 0.15) is 16.4 Å². The van der Waals surface area contributed by atoms with E-state index in [2.05, 4.69) is 25.8 Å². The largest absolute Gasteiger partial charge is 0.326 e. The number of hydrogen-bond donors (Lipinski definition) is 3. The van der Waals surface area contributed by atoms with Gasteiger partial charge in [-0.3, -0.25) is 14.3 Å². The van der Waals surface area contributed by atoms with Gasteiger partial charge in [-0.05, 0) is 55.1 Å². The Labute approximate surface area is 159 Å². The SMILES string of the molecule is CC(=O)Nc1ccc(Nc2nc(Sc3cc(C)[nH]n3)cc3cncn23)cc1. The maximum Gasteiger partial charge on any atom is 0.221 e. The second-order valence-electron chi connectivity index (χ2n) is 5.98. The van der Waals surface area contributed by atoms with Crippen LogP contribution in [0.1, 0.15) is 12.6 Å². The number of carbonyl (C=O) groups excluding carboxylic acids is 1. The molecule has 4 rings (SSSR count). The van der Waals surface area contributed by atoms with Gasteiger partial charge in [-0.15, -0.1) is 0 Å². The Morgan fingerprint density at radius 3 is 2.63 bits per heavy atom. The quantitative estimate of drug-likeness (QED) is 0.458. The summed E-state index contributed by atoms with van der Waals surface area (Å²) in [6, 6.07) is 11.4. The lowest BCUT2D eigenvalue weighted by atomic mass is 10.3. The number of aromatic nitrogens is 5. The normalized spacial score (nSPS) is 10.9. The molecule has 0 atom stereocenters. The van der Waals surface area contributed by atoms with Crippen molar-refractivity contribution in [2.24, 2.45) is 0 Å². The van der Waals surface area contributed by atoms with Crippen LogP contribution < -0.4 is 10.6 Å². The molecular formula is C18H17N7OS. The number of anilines is 3. The smallest absolute Gasteiger partial charge is 0.221 e. The van der Waals surface area contributed by atoms with E-state index in [1.807, 2.05) is 47.7 Å². The van der Waals surface area contributed by atoms with E-state index in [0.29, 0.717) is 5.95 Å². The third kappa shape index (κ3) is 3.93. The molecule has 0 aliphatic rings. The average Bonchev–Trinajstić information content (AvgIpc) is 3.25. The van der Waals surface area contributed by atoms with Crippen LogP contribution in [0.2, 0.25) is 0 Å². The predicted molar refractivity (Wildman–Crippen MR) is 104 cm³/mol. The number of carbonyl (C=O) groups is 1. The highest BCUT2D eigenvalue weighted by Crippen LogP contribution is 2.28. The van der Waals surface area contributed by atoms with Gasteiger partial charge < -0.3 is 10.6 Å². The summed E-state index contributed by atoms with van der Waals surface area (Å²) < 4.78 is 1.88. The minimum Gasteiger partial charge on any atom is -0.326 e. The molecule has 0 spiro atoms. The first-order valence-electron chi connectivity index (χ1n) is 8.24. The van der Waals surface area contributed by atoms with Crippen LogP contribution in [0.4, 0.5) is 17.3 Å². The van der Waals surface area contributed by atoms with Crippen molar-refractivity contribution in [3.8, 4) is 0 Å². The van der Waals surface area contributed by atoms with Crippen molar-refractivity contribution in [3.63, 3.8) is 0 Å². The second-order valence-corrected chi connectivity index (χ2v) is 7.02. The molecule has 0 bridgehead atoms. The van der Waals surface area contributed by atoms with Gasteiger partial charge in [-0.1, -0.05) is 0 Å². The van der Waals surface area contributed by atoms with E-state index in [-0.39, 0.29) is 5.91 Å². The number of amides is 1. The van der Waals surface area contributed by atoms with E-state index < -0.39 is 0 Å². The molecule has 0 aliphatic heterocycles. The molecule has 0 aliphatic carbocycles. The summed E-state index contributed by atoms with van der Waals surface area (Å²) >= 11 is 1.48. The summed E-state index contributed by atoms with van der Waals surface area (Å²) in [5, 5.41) is 14.9. The highest BCUT2D eigenvalue weighted by molar-refractivity contribution is 7.99. The lowest BCUT2D eigenvalue weighted by Gasteiger charge is -2.10. The molecule has 0 unspecified atom stereocenters. The second kappa shape index (κ2) is 7.12. The highest BCUT2D eigenvalue weighted by Gasteiger charge is 2.10. The Morgan fingerprint density at radius 2 is 1.93 bits per heavy atom. The molecule has 0 saturated carbocycles. The minimum atomic E-state index is -0.101. The van der Waals surface area contributed by atoms with Crippen molar-refractivity contribution < 1.29 is 4.79 Å². The molecule has 136 valence electrons. The van der Waals surface area contributed by atoms with Gasteiger partial charge >= 0.3 is 0 Å². The van der Waals surface area contributed by atoms with Crippen molar-refractivity contribution >= 4 is 40.5 Å². The first-order chi connectivity index (χ1) is 13.1. The molecule has 0 radical (unpaired) electrons. The van der Waals surface area contributed by atoms with Crippen LogP contribution >= 0.6 is 11.8 Å². The zero-order chi connectivity index (χ0) is 18.8. The van der Waals surface area contributed by atoms with Crippen LogP contribution in [0.15, 0.2) is 59.0 Å². The van der Waals surface area contributed by atoms with Crippen molar-refractivity contribution in [3.05, 3.63) is 54.6 Å². The van der Waals surface area contributed by atoms with E-state index in [1.165, 1.54) is 18.7 Å². The standard InChI is InChI=1S/C18H17N7OS/c1-11-7-17(24-23-11)27-16-8-15-9-19-10-25(15)18(22-16)21-14-5-3-13(4-6-14)20-12(2)26/h3-10H,1-2H3,(H,20,26)(H,21,22)(H,23,24). The fraction of sp³-hybridized carbons (Fsp3) is 0.111. The number of rotatable bonds is 5. The van der Waals surface area contributed by atoms with E-state index in [0.717, 1.165) is 32.6 Å². The third-order valence-corrected chi connectivity index (χ3v) is 4.57. The first kappa shape index (κ1) is 17.1. The summed E-state index contributed by atoms with van der Waals surface area (Å²) in [6.45, 7) is 3.44. The number of imidazole rings is 1. The van der Waals surface area contributed by atoms with E-state index in [4.69, 9.17) is 4.98 Å². The molecule has 0 saturated heterocycles. The molecule has 9 heteroatoms. The molecule has 4 aromatic rings. The zero-order valence-corrected chi connectivity index (χ0v) is 15.5. The molecule has 8 nitrogen and oxygen atoms in total. The Kier molecular flexibility index (Phi) is 4.51. The van der Waals surface area contributed by atoms with Crippen LogP contribution in [-0.4, -0.2) is 30.5 Å². The summed E-state index contributed by atoms with van der Waals surface area (Å²) in [6.07, 6.45) is 3.50. The van der Waals surface area contributed by atoms with E-state index in [9.17, 15) is 4.79 Å². The van der Waals surface area contributed by atoms with Crippen molar-refractivity contribution in [2.75, 3.05) is 10.6 Å². The minimum absolute atomic E-state index is 0.101. The predicted octanol–water partition coefficient (Wildman–Crippen LogP) is 3.61. The number of hydrogen-bond acceptors (Lipinski definition) is 6. The lowest BCUT2D eigenvalue weighted by molar-refractivity contribution is -0.114. The number of aryl methyl sites for hydroxylation is 1. The molecule has 0 fully saturated rings. The van der Waals surface area contributed by atoms with Gasteiger partial charge in [0.25, 0.3) is 0 Å². The Hall–Kier alpha value is -3.33. The summed E-state index contributed by atoms with van der Waals surface area (Å²) in [5.41, 5.74) is 3.52. The fourth-order valence-corrected chi connectivity index (χ4v) is 3.42. The summed E-state index contributed by atoms with van der Waals surface area (Å²) in [5.74, 6) is 0.544. The number of fused-ring (bicyclic) bond motifs is 1. The molecule has 3 N–H and O–H groups in total. The summed E-state index contributed by atoms with van der Waals surface area (Å²) in [4.78, 5) is 20.0. The number of H-pyrrole nitrogens is 1. The third-order valence-electron chi connectivity index (χ3n) is 3.74. The van der Waals surface area contributed by atoms with Crippen LogP contribution in [0.25, 0.3) is 5.52 Å². The highest BCUT2D eigenvalue weighted by atomic mass is 32.2. The van der Waals surface area contributed by atoms with Crippen molar-refractivity contribution in [1.29, 1.82) is 0 Å². The van der Waals surface area contributed by atoms with Gasteiger partial charge in [0, 0.05) is 24.0 Å². The molecule has 3 aromatic heterocycles. The van der Waals surface area contributed by atoms with Crippen molar-refractivity contribution in [1.82, 2.24) is 24.6 Å². The Balaban J connectivity index is 1.62. The van der Waals surface area contributed by atoms with Crippen LogP contribution in [-0.2, 0) is 4.79 Å². The van der Waals surface area contributed by atoms with Crippen LogP contribution in [0.5, 0.6) is 0 Å². The number of aromatic amines is 1. The monoisotopic (exact) mass is 379 g/mol. The number of nitrogens with zero attached hydrogens (tertiary/aromatic N) is 4. The van der Waals surface area contributed by atoms with Gasteiger partial charge in [-0.2, -0.15) is 5.10 Å². The van der Waals surface area contributed by atoms with Gasteiger partial charge in [0.05, 0.1) is 11.7 Å². The number of benzene rings is 1. The molecule has 27 heavy (non-hydrogen) atoms. The lowest BCUT2D eigenvalue weighted by Crippen LogP contribution is -2.06. The number of nitrogens with one attached hydrogen (secondary N) is 3. The fourth-order valence-electron chi connectivity index (χ4n) is 2.57. The topological polar surface area (TPSA) is 100 Å². The average molecular weight is 379 g/mol. The maximum atomic E-state index is 11.1. The van der Waals surface area contributed by atoms with Gasteiger partial charge in [0.2, 0.25) is 11.9 Å². The molecular weight excluding hydrogens is 362 g/mol. The molecule has 1 aromatic carbocycles. The van der Waals surface area contributed by atoms with Gasteiger partial charge in [0.15, 0.2) is 0 Å². The molecule has 3 heterocycles. The van der Waals surface area contributed by atoms with Crippen molar-refractivity contribution in [2.45, 2.75) is 23.9 Å². The van der Waals surface area contributed by atoms with Gasteiger partial charge in [-0.25, -0.2) is 9.97 Å². The Bertz CT molecular complexity index is 1100. The van der Waals surface area contributed by atoms with E-state index in [1.54, 1.807) is 12.5 Å². The van der Waals surface area contributed by atoms with E-state index >= 15 is 0 Å². The maximum absolute atomic E-state index is 11.1. The molecule has 1 amide bonds. The Morgan fingerprint density at radius 1 is 1.15 bits per heavy atom. The summed E-state index contributed by atoms with van der Waals surface area (Å²) in [7, 11) is 0.